The minimum absolute atomic E-state index is 0.0503. The lowest BCUT2D eigenvalue weighted by atomic mass is 10.2. The summed E-state index contributed by atoms with van der Waals surface area (Å²) in [5.74, 6) is 5.19. The zero-order chi connectivity index (χ0) is 13.7. The van der Waals surface area contributed by atoms with E-state index in [0.29, 0.717) is 24.2 Å². The number of pyridine rings is 1. The molecule has 1 atom stereocenters. The lowest BCUT2D eigenvalue weighted by molar-refractivity contribution is -0.119. The van der Waals surface area contributed by atoms with E-state index in [2.05, 4.69) is 27.5 Å². The molecule has 2 heterocycles. The van der Waals surface area contributed by atoms with Gasteiger partial charge in [0.05, 0.1) is 12.6 Å². The van der Waals surface area contributed by atoms with Gasteiger partial charge in [-0.15, -0.1) is 0 Å². The molecule has 0 aromatic carbocycles. The van der Waals surface area contributed by atoms with Crippen molar-refractivity contribution >= 4 is 11.8 Å². The molecule has 1 unspecified atom stereocenters. The van der Waals surface area contributed by atoms with Gasteiger partial charge in [0, 0.05) is 24.7 Å². The van der Waals surface area contributed by atoms with Crippen LogP contribution in [0.25, 0.3) is 0 Å². The van der Waals surface area contributed by atoms with E-state index in [9.17, 15) is 9.59 Å². The molecule has 0 spiro atoms. The Hall–Kier alpha value is -2.39. The van der Waals surface area contributed by atoms with E-state index in [1.54, 1.807) is 12.1 Å². The first kappa shape index (κ1) is 13.1. The number of nitrogens with zero attached hydrogens (tertiary/aromatic N) is 1. The van der Waals surface area contributed by atoms with E-state index in [1.807, 2.05) is 0 Å². The van der Waals surface area contributed by atoms with Crippen LogP contribution in [0.2, 0.25) is 0 Å². The fraction of sp³-hybridized carbons (Fsp3) is 0.308. The smallest absolute Gasteiger partial charge is 0.270 e. The molecule has 0 aliphatic carbocycles. The van der Waals surface area contributed by atoms with Gasteiger partial charge in [-0.05, 0) is 12.1 Å². The minimum Gasteiger partial charge on any atom is -0.354 e. The molecule has 6 heteroatoms. The summed E-state index contributed by atoms with van der Waals surface area (Å²) in [6, 6.07) is 3.14. The second-order valence-corrected chi connectivity index (χ2v) is 4.12. The summed E-state index contributed by atoms with van der Waals surface area (Å²) in [7, 11) is 0. The third-order valence-electron chi connectivity index (χ3n) is 2.64. The normalized spacial score (nSPS) is 17.3. The number of hydrogen-bond donors (Lipinski definition) is 3. The van der Waals surface area contributed by atoms with Crippen molar-refractivity contribution in [3.63, 3.8) is 0 Å². The quantitative estimate of drug-likeness (QED) is 0.593. The third-order valence-corrected chi connectivity index (χ3v) is 2.64. The third kappa shape index (κ3) is 3.53. The first-order chi connectivity index (χ1) is 9.19. The molecule has 1 aliphatic heterocycles. The highest BCUT2D eigenvalue weighted by atomic mass is 16.2. The predicted octanol–water partition coefficient (Wildman–Crippen LogP) is -0.990. The number of nitrogens with two attached hydrogens (primary N) is 1. The van der Waals surface area contributed by atoms with Gasteiger partial charge < -0.3 is 16.4 Å². The van der Waals surface area contributed by atoms with Gasteiger partial charge in [-0.3, -0.25) is 9.59 Å². The van der Waals surface area contributed by atoms with Gasteiger partial charge in [-0.2, -0.15) is 0 Å². The van der Waals surface area contributed by atoms with Crippen molar-refractivity contribution in [1.29, 1.82) is 0 Å². The van der Waals surface area contributed by atoms with E-state index in [4.69, 9.17) is 5.73 Å². The average Bonchev–Trinajstić information content (AvgIpc) is 2.82. The fourth-order valence-electron chi connectivity index (χ4n) is 1.72. The topological polar surface area (TPSA) is 97.1 Å². The van der Waals surface area contributed by atoms with Crippen molar-refractivity contribution in [2.45, 2.75) is 12.5 Å². The van der Waals surface area contributed by atoms with Crippen molar-refractivity contribution in [3.8, 4) is 11.8 Å². The van der Waals surface area contributed by atoms with E-state index in [1.165, 1.54) is 6.20 Å². The van der Waals surface area contributed by atoms with Crippen LogP contribution in [-0.2, 0) is 4.79 Å². The van der Waals surface area contributed by atoms with Crippen LogP contribution < -0.4 is 16.4 Å². The molecule has 1 saturated heterocycles. The molecule has 0 bridgehead atoms. The Morgan fingerprint density at radius 3 is 3.00 bits per heavy atom. The summed E-state index contributed by atoms with van der Waals surface area (Å²) in [5, 5.41) is 5.40. The minimum atomic E-state index is -0.292. The van der Waals surface area contributed by atoms with Crippen LogP contribution in [0.15, 0.2) is 18.3 Å². The number of carbonyl (C=O) groups excluding carboxylic acids is 2. The predicted molar refractivity (Wildman–Crippen MR) is 69.1 cm³/mol. The first-order valence-electron chi connectivity index (χ1n) is 5.91. The highest BCUT2D eigenvalue weighted by molar-refractivity contribution is 5.93. The van der Waals surface area contributed by atoms with Gasteiger partial charge in [-0.25, -0.2) is 4.98 Å². The molecule has 4 N–H and O–H groups in total. The Morgan fingerprint density at radius 1 is 1.58 bits per heavy atom. The van der Waals surface area contributed by atoms with Crippen molar-refractivity contribution in [2.24, 2.45) is 5.73 Å². The van der Waals surface area contributed by atoms with Gasteiger partial charge in [0.2, 0.25) is 5.91 Å². The number of aromatic nitrogens is 1. The molecular formula is C13H14N4O2. The number of rotatable bonds is 2. The van der Waals surface area contributed by atoms with Crippen LogP contribution in [-0.4, -0.2) is 35.9 Å². The van der Waals surface area contributed by atoms with Crippen LogP contribution in [0, 0.1) is 11.8 Å². The second kappa shape index (κ2) is 5.98. The van der Waals surface area contributed by atoms with Crippen LogP contribution in [0.1, 0.15) is 22.5 Å². The number of carbonyl (C=O) groups is 2. The van der Waals surface area contributed by atoms with Gasteiger partial charge in [0.15, 0.2) is 0 Å². The van der Waals surface area contributed by atoms with Gasteiger partial charge in [0.25, 0.3) is 5.91 Å². The average molecular weight is 258 g/mol. The monoisotopic (exact) mass is 258 g/mol. The summed E-state index contributed by atoms with van der Waals surface area (Å²) in [5.41, 5.74) is 6.28. The van der Waals surface area contributed by atoms with Crippen LogP contribution in [0.5, 0.6) is 0 Å². The molecule has 1 aromatic heterocycles. The van der Waals surface area contributed by atoms with E-state index >= 15 is 0 Å². The molecule has 2 rings (SSSR count). The van der Waals surface area contributed by atoms with Crippen molar-refractivity contribution < 1.29 is 9.59 Å². The first-order valence-corrected chi connectivity index (χ1v) is 5.91. The van der Waals surface area contributed by atoms with Gasteiger partial charge in [-0.1, -0.05) is 11.8 Å². The zero-order valence-electron chi connectivity index (χ0n) is 10.3. The van der Waals surface area contributed by atoms with Crippen molar-refractivity contribution in [2.75, 3.05) is 13.1 Å². The highest BCUT2D eigenvalue weighted by Gasteiger charge is 2.23. The SMILES string of the molecule is NCC#Cc1ccc(C(=O)NC2CNC(=O)C2)nc1. The molecule has 6 nitrogen and oxygen atoms in total. The Balaban J connectivity index is 1.97. The zero-order valence-corrected chi connectivity index (χ0v) is 10.3. The van der Waals surface area contributed by atoms with Crippen LogP contribution in [0.3, 0.4) is 0 Å². The summed E-state index contributed by atoms with van der Waals surface area (Å²) < 4.78 is 0. The Labute approximate surface area is 110 Å². The fourth-order valence-corrected chi connectivity index (χ4v) is 1.72. The molecule has 1 fully saturated rings. The molecule has 2 amide bonds. The van der Waals surface area contributed by atoms with E-state index in [0.717, 1.165) is 0 Å². The summed E-state index contributed by atoms with van der Waals surface area (Å²) in [6.45, 7) is 0.746. The maximum atomic E-state index is 11.9. The van der Waals surface area contributed by atoms with Crippen LogP contribution >= 0.6 is 0 Å². The summed E-state index contributed by atoms with van der Waals surface area (Å²) in [6.07, 6.45) is 1.83. The largest absolute Gasteiger partial charge is 0.354 e. The van der Waals surface area contributed by atoms with Crippen molar-refractivity contribution in [3.05, 3.63) is 29.6 Å². The number of hydrogen-bond acceptors (Lipinski definition) is 4. The standard InChI is InChI=1S/C13H14N4O2/c14-5-1-2-9-3-4-11(15-7-9)13(19)17-10-6-12(18)16-8-10/h3-4,7,10H,5-6,8,14H2,(H,16,18)(H,17,19). The molecule has 0 radical (unpaired) electrons. The Bertz CT molecular complexity index is 542. The number of nitrogens with one attached hydrogen (secondary N) is 2. The van der Waals surface area contributed by atoms with Crippen LogP contribution in [0.4, 0.5) is 0 Å². The number of amides is 2. The van der Waals surface area contributed by atoms with Gasteiger partial charge >= 0.3 is 0 Å². The van der Waals surface area contributed by atoms with Crippen molar-refractivity contribution in [1.82, 2.24) is 15.6 Å². The second-order valence-electron chi connectivity index (χ2n) is 4.12. The molecule has 19 heavy (non-hydrogen) atoms. The maximum Gasteiger partial charge on any atom is 0.270 e. The molecule has 0 saturated carbocycles. The maximum absolute atomic E-state index is 11.9. The lowest BCUT2D eigenvalue weighted by Crippen LogP contribution is -2.36. The summed E-state index contributed by atoms with van der Waals surface area (Å²) >= 11 is 0. The Morgan fingerprint density at radius 2 is 2.42 bits per heavy atom. The highest BCUT2D eigenvalue weighted by Crippen LogP contribution is 2.03. The Kier molecular flexibility index (Phi) is 4.11. The molecule has 98 valence electrons. The van der Waals surface area contributed by atoms with E-state index in [-0.39, 0.29) is 24.4 Å². The molecular weight excluding hydrogens is 244 g/mol. The van der Waals surface area contributed by atoms with Gasteiger partial charge in [0.1, 0.15) is 5.69 Å². The van der Waals surface area contributed by atoms with E-state index < -0.39 is 0 Å². The molecule has 1 aromatic rings. The summed E-state index contributed by atoms with van der Waals surface area (Å²) in [4.78, 5) is 26.9. The lowest BCUT2D eigenvalue weighted by Gasteiger charge is -2.09. The molecule has 1 aliphatic rings.